The van der Waals surface area contributed by atoms with Crippen molar-refractivity contribution in [3.05, 3.63) is 35.4 Å². The Morgan fingerprint density at radius 2 is 1.92 bits per heavy atom. The van der Waals surface area contributed by atoms with Crippen molar-refractivity contribution in [2.24, 2.45) is 0 Å². The smallest absolute Gasteiger partial charge is 0.0184 e. The summed E-state index contributed by atoms with van der Waals surface area (Å²) in [5, 5.41) is 0. The van der Waals surface area contributed by atoms with Crippen LogP contribution in [0.2, 0.25) is 0 Å². The van der Waals surface area contributed by atoms with Gasteiger partial charge < -0.3 is 0 Å². The van der Waals surface area contributed by atoms with Crippen LogP contribution in [0, 0.1) is 6.92 Å². The maximum atomic E-state index is 4.18. The highest BCUT2D eigenvalue weighted by molar-refractivity contribution is 7.98. The van der Waals surface area contributed by atoms with Crippen LogP contribution in [0.15, 0.2) is 24.3 Å². The highest BCUT2D eigenvalue weighted by atomic mass is 32.2. The molecule has 0 aliphatic heterocycles. The fourth-order valence-electron chi connectivity index (χ4n) is 1.04. The number of aryl methyl sites for hydroxylation is 1. The van der Waals surface area contributed by atoms with E-state index < -0.39 is 0 Å². The van der Waals surface area contributed by atoms with E-state index in [1.807, 2.05) is 11.8 Å². The van der Waals surface area contributed by atoms with Crippen molar-refractivity contribution in [3.8, 4) is 0 Å². The van der Waals surface area contributed by atoms with Crippen molar-refractivity contribution in [2.75, 3.05) is 11.5 Å². The van der Waals surface area contributed by atoms with Gasteiger partial charge in [-0.2, -0.15) is 24.4 Å². The fourth-order valence-corrected chi connectivity index (χ4v) is 2.33. The third-order valence-electron chi connectivity index (χ3n) is 1.84. The molecule has 0 nitrogen and oxygen atoms in total. The Bertz CT molecular complexity index is 228. The molecule has 0 spiro atoms. The van der Waals surface area contributed by atoms with E-state index in [2.05, 4.69) is 43.8 Å². The van der Waals surface area contributed by atoms with E-state index in [-0.39, 0.29) is 0 Å². The third-order valence-corrected chi connectivity index (χ3v) is 3.27. The molecule has 0 bridgehead atoms. The molecule has 0 fully saturated rings. The second kappa shape index (κ2) is 6.39. The van der Waals surface area contributed by atoms with Gasteiger partial charge in [-0.3, -0.25) is 0 Å². The molecule has 0 aliphatic rings. The summed E-state index contributed by atoms with van der Waals surface area (Å²) in [6, 6.07) is 8.77. The van der Waals surface area contributed by atoms with Crippen LogP contribution >= 0.6 is 24.4 Å². The first-order chi connectivity index (χ1) is 6.33. The summed E-state index contributed by atoms with van der Waals surface area (Å²) in [6.07, 6.45) is 1.21. The van der Waals surface area contributed by atoms with Crippen LogP contribution in [0.1, 0.15) is 17.5 Å². The van der Waals surface area contributed by atoms with Gasteiger partial charge in [0.2, 0.25) is 0 Å². The molecule has 13 heavy (non-hydrogen) atoms. The van der Waals surface area contributed by atoms with E-state index in [0.717, 1.165) is 11.5 Å². The van der Waals surface area contributed by atoms with Gasteiger partial charge in [-0.15, -0.1) is 0 Å². The molecule has 0 N–H and O–H groups in total. The number of hydrogen-bond acceptors (Lipinski definition) is 2. The molecule has 0 aromatic heterocycles. The summed E-state index contributed by atoms with van der Waals surface area (Å²) in [7, 11) is 0. The molecule has 1 aromatic carbocycles. The lowest BCUT2D eigenvalue weighted by atomic mass is 10.2. The quantitative estimate of drug-likeness (QED) is 0.575. The van der Waals surface area contributed by atoms with Crippen molar-refractivity contribution in [1.82, 2.24) is 0 Å². The van der Waals surface area contributed by atoms with Gasteiger partial charge in [0, 0.05) is 5.75 Å². The summed E-state index contributed by atoms with van der Waals surface area (Å²) in [6.45, 7) is 2.12. The highest BCUT2D eigenvalue weighted by Gasteiger charge is 1.92. The molecule has 0 saturated heterocycles. The lowest BCUT2D eigenvalue weighted by Gasteiger charge is -2.01. The minimum atomic E-state index is 1.00. The average molecular weight is 212 g/mol. The Hall–Kier alpha value is -0.0800. The predicted octanol–water partition coefficient (Wildman–Crippen LogP) is 3.55. The summed E-state index contributed by atoms with van der Waals surface area (Å²) < 4.78 is 0. The van der Waals surface area contributed by atoms with Crippen LogP contribution in [0.4, 0.5) is 0 Å². The molecule has 0 amide bonds. The zero-order valence-corrected chi connectivity index (χ0v) is 9.70. The Balaban J connectivity index is 2.25. The van der Waals surface area contributed by atoms with Crippen molar-refractivity contribution < 1.29 is 0 Å². The molecule has 0 unspecified atom stereocenters. The monoisotopic (exact) mass is 212 g/mol. The van der Waals surface area contributed by atoms with Gasteiger partial charge in [0.25, 0.3) is 0 Å². The van der Waals surface area contributed by atoms with Crippen molar-refractivity contribution >= 4 is 24.4 Å². The zero-order chi connectivity index (χ0) is 9.52. The maximum absolute atomic E-state index is 4.18. The van der Waals surface area contributed by atoms with Gasteiger partial charge in [0.05, 0.1) is 0 Å². The molecule has 1 aromatic rings. The highest BCUT2D eigenvalue weighted by Crippen LogP contribution is 2.13. The normalized spacial score (nSPS) is 10.3. The molecule has 0 saturated carbocycles. The standard InChI is InChI=1S/C11H16S2/c1-10-3-5-11(6-4-10)9-13-8-2-7-12/h3-6,12H,2,7-9H2,1H3. The molecule has 0 aliphatic carbocycles. The third kappa shape index (κ3) is 4.63. The second-order valence-electron chi connectivity index (χ2n) is 3.12. The van der Waals surface area contributed by atoms with E-state index in [4.69, 9.17) is 0 Å². The molecule has 2 heteroatoms. The molecule has 72 valence electrons. The maximum Gasteiger partial charge on any atom is 0.0184 e. The van der Waals surface area contributed by atoms with Gasteiger partial charge in [-0.25, -0.2) is 0 Å². The summed E-state index contributed by atoms with van der Waals surface area (Å²) in [4.78, 5) is 0. The van der Waals surface area contributed by atoms with Crippen LogP contribution in [-0.4, -0.2) is 11.5 Å². The van der Waals surface area contributed by atoms with Crippen LogP contribution in [-0.2, 0) is 5.75 Å². The Kier molecular flexibility index (Phi) is 5.40. The average Bonchev–Trinajstić information content (AvgIpc) is 2.15. The Morgan fingerprint density at radius 3 is 2.54 bits per heavy atom. The minimum absolute atomic E-state index is 1.00. The van der Waals surface area contributed by atoms with Crippen LogP contribution in [0.25, 0.3) is 0 Å². The van der Waals surface area contributed by atoms with E-state index in [9.17, 15) is 0 Å². The first kappa shape index (κ1) is 11.0. The number of thiol groups is 1. The van der Waals surface area contributed by atoms with Gasteiger partial charge in [-0.05, 0) is 30.4 Å². The lowest BCUT2D eigenvalue weighted by molar-refractivity contribution is 1.13. The topological polar surface area (TPSA) is 0 Å². The molecular weight excluding hydrogens is 196 g/mol. The Morgan fingerprint density at radius 1 is 1.23 bits per heavy atom. The van der Waals surface area contributed by atoms with Gasteiger partial charge >= 0.3 is 0 Å². The number of hydrogen-bond donors (Lipinski definition) is 1. The summed E-state index contributed by atoms with van der Waals surface area (Å²) in [5.41, 5.74) is 2.76. The largest absolute Gasteiger partial charge is 0.179 e. The van der Waals surface area contributed by atoms with E-state index in [1.54, 1.807) is 0 Å². The van der Waals surface area contributed by atoms with E-state index in [1.165, 1.54) is 23.3 Å². The molecule has 1 rings (SSSR count). The first-order valence-electron chi connectivity index (χ1n) is 4.57. The number of rotatable bonds is 5. The van der Waals surface area contributed by atoms with Gasteiger partial charge in [0.15, 0.2) is 0 Å². The summed E-state index contributed by atoms with van der Waals surface area (Å²) >= 11 is 6.17. The fraction of sp³-hybridized carbons (Fsp3) is 0.455. The minimum Gasteiger partial charge on any atom is -0.179 e. The molecule has 0 heterocycles. The van der Waals surface area contributed by atoms with Crippen molar-refractivity contribution in [1.29, 1.82) is 0 Å². The number of thioether (sulfide) groups is 1. The summed E-state index contributed by atoms with van der Waals surface area (Å²) in [5.74, 6) is 3.35. The van der Waals surface area contributed by atoms with Gasteiger partial charge in [0.1, 0.15) is 0 Å². The lowest BCUT2D eigenvalue weighted by Crippen LogP contribution is -1.84. The van der Waals surface area contributed by atoms with Crippen molar-refractivity contribution in [3.63, 3.8) is 0 Å². The first-order valence-corrected chi connectivity index (χ1v) is 6.36. The number of benzene rings is 1. The van der Waals surface area contributed by atoms with Crippen LogP contribution in [0.3, 0.4) is 0 Å². The van der Waals surface area contributed by atoms with E-state index in [0.29, 0.717) is 0 Å². The van der Waals surface area contributed by atoms with Crippen molar-refractivity contribution in [2.45, 2.75) is 19.1 Å². The van der Waals surface area contributed by atoms with Crippen LogP contribution in [0.5, 0.6) is 0 Å². The molecule has 0 radical (unpaired) electrons. The van der Waals surface area contributed by atoms with Gasteiger partial charge in [-0.1, -0.05) is 29.8 Å². The molecular formula is C11H16S2. The Labute approximate surface area is 90.5 Å². The second-order valence-corrected chi connectivity index (χ2v) is 4.67. The SMILES string of the molecule is Cc1ccc(CSCCCS)cc1. The molecule has 0 atom stereocenters. The van der Waals surface area contributed by atoms with Crippen LogP contribution < -0.4 is 0 Å². The van der Waals surface area contributed by atoms with E-state index >= 15 is 0 Å². The zero-order valence-electron chi connectivity index (χ0n) is 7.99. The predicted molar refractivity (Wildman–Crippen MR) is 65.8 cm³/mol.